The number of hydrogen-bond acceptors (Lipinski definition) is 5. The Hall–Kier alpha value is -2.05. The van der Waals surface area contributed by atoms with Gasteiger partial charge in [-0.15, -0.1) is 17.2 Å². The number of fused-ring (bicyclic) bond motifs is 2. The summed E-state index contributed by atoms with van der Waals surface area (Å²) in [6, 6.07) is 12.0. The standard InChI is InChI=1S/C16H20N3O.C15H19N4O.2W/c1-12(20)17-16-11-13-5-3-4-6-15(13)19(16)14-7-9-18(2)10-8-14;1-11(20)17-15-9-12-10-16-6-3-14(12)19(15)13-4-7-18(2)8-5-13;;/h3,5-6,14H,7-11H2,1-2H3;3,10,13H,4-5,7-9H2,1-2H3;;/q2*-1;;. The van der Waals surface area contributed by atoms with Gasteiger partial charge in [0.15, 0.2) is 0 Å². The van der Waals surface area contributed by atoms with Gasteiger partial charge in [0.25, 0.3) is 0 Å². The van der Waals surface area contributed by atoms with Crippen LogP contribution in [0.25, 0.3) is 0 Å². The fourth-order valence-corrected chi connectivity index (χ4v) is 6.22. The molecular formula is C31H39N7O2W2-2. The first kappa shape index (κ1) is 34.4. The molecule has 0 N–H and O–H groups in total. The van der Waals surface area contributed by atoms with Crippen molar-refractivity contribution in [2.45, 2.75) is 64.5 Å². The van der Waals surface area contributed by atoms with Gasteiger partial charge in [-0.1, -0.05) is 23.8 Å². The third-order valence-corrected chi connectivity index (χ3v) is 8.21. The van der Waals surface area contributed by atoms with Crippen LogP contribution in [0.1, 0.15) is 50.7 Å². The maximum Gasteiger partial charge on any atom is 0.244 e. The summed E-state index contributed by atoms with van der Waals surface area (Å²) < 4.78 is 0. The Kier molecular flexibility index (Phi) is 12.8. The largest absolute Gasteiger partial charge is 0.394 e. The molecule has 0 aliphatic carbocycles. The van der Waals surface area contributed by atoms with Crippen LogP contribution in [0.2, 0.25) is 0 Å². The third-order valence-electron chi connectivity index (χ3n) is 8.21. The number of amidine groups is 2. The Morgan fingerprint density at radius 2 is 1.26 bits per heavy atom. The SMILES string of the molecule is CC(=O)N=C1Cc2cc[c-]cc2N1C1CCN(C)CC1.CC(=O)N=C1Cc2cn[c-]cc2N1C1CCN(C)CC1.[W].[W]. The van der Waals surface area contributed by atoms with Gasteiger partial charge in [0, 0.05) is 80.9 Å². The molecule has 2 fully saturated rings. The molecule has 0 atom stereocenters. The van der Waals surface area contributed by atoms with Crippen molar-refractivity contribution < 1.29 is 51.7 Å². The van der Waals surface area contributed by atoms with Crippen LogP contribution in [-0.4, -0.2) is 90.6 Å². The van der Waals surface area contributed by atoms with Crippen molar-refractivity contribution in [3.05, 3.63) is 53.9 Å². The van der Waals surface area contributed by atoms with E-state index in [9.17, 15) is 9.59 Å². The van der Waals surface area contributed by atoms with E-state index >= 15 is 0 Å². The van der Waals surface area contributed by atoms with Crippen LogP contribution >= 0.6 is 0 Å². The first-order valence-electron chi connectivity index (χ1n) is 14.3. The van der Waals surface area contributed by atoms with Gasteiger partial charge in [-0.3, -0.25) is 9.59 Å². The summed E-state index contributed by atoms with van der Waals surface area (Å²) in [7, 11) is 4.31. The number of aliphatic imine (C=N–C) groups is 2. The number of carbonyl (C=O) groups excluding carboxylic acids is 2. The molecule has 0 radical (unpaired) electrons. The summed E-state index contributed by atoms with van der Waals surface area (Å²) in [5.74, 6) is 1.52. The molecule has 6 rings (SSSR count). The van der Waals surface area contributed by atoms with E-state index in [4.69, 9.17) is 0 Å². The summed E-state index contributed by atoms with van der Waals surface area (Å²) in [6.45, 7) is 7.39. The molecule has 9 nitrogen and oxygen atoms in total. The fourth-order valence-electron chi connectivity index (χ4n) is 6.22. The average Bonchev–Trinajstić information content (AvgIpc) is 3.47. The van der Waals surface area contributed by atoms with Gasteiger partial charge >= 0.3 is 0 Å². The van der Waals surface area contributed by atoms with Crippen molar-refractivity contribution >= 4 is 34.9 Å². The van der Waals surface area contributed by atoms with Crippen LogP contribution in [0.3, 0.4) is 0 Å². The summed E-state index contributed by atoms with van der Waals surface area (Å²) in [4.78, 5) is 44.5. The Bertz CT molecular complexity index is 1200. The number of likely N-dealkylation sites (tertiary alicyclic amines) is 2. The monoisotopic (exact) mass is 909 g/mol. The van der Waals surface area contributed by atoms with Gasteiger partial charge in [0.1, 0.15) is 11.7 Å². The van der Waals surface area contributed by atoms with Crippen molar-refractivity contribution in [3.63, 3.8) is 0 Å². The molecule has 2 saturated heterocycles. The van der Waals surface area contributed by atoms with Crippen molar-refractivity contribution in [3.8, 4) is 0 Å². The molecule has 0 unspecified atom stereocenters. The summed E-state index contributed by atoms with van der Waals surface area (Å²) in [6.07, 6.45) is 10.6. The van der Waals surface area contributed by atoms with Crippen LogP contribution in [0.15, 0.2) is 40.4 Å². The number of hydrogen-bond donors (Lipinski definition) is 0. The third kappa shape index (κ3) is 8.10. The van der Waals surface area contributed by atoms with Crippen molar-refractivity contribution in [1.29, 1.82) is 0 Å². The maximum absolute atomic E-state index is 11.4. The smallest absolute Gasteiger partial charge is 0.244 e. The molecule has 0 spiro atoms. The van der Waals surface area contributed by atoms with Crippen LogP contribution < -0.4 is 9.80 Å². The van der Waals surface area contributed by atoms with E-state index in [1.54, 1.807) is 0 Å². The van der Waals surface area contributed by atoms with Crippen molar-refractivity contribution in [1.82, 2.24) is 14.8 Å². The average molecular weight is 909 g/mol. The van der Waals surface area contributed by atoms with E-state index in [1.165, 1.54) is 25.1 Å². The number of nitrogens with zero attached hydrogens (tertiary/aromatic N) is 7. The van der Waals surface area contributed by atoms with E-state index in [0.717, 1.165) is 81.2 Å². The predicted octanol–water partition coefficient (Wildman–Crippen LogP) is 3.17. The second-order valence-corrected chi connectivity index (χ2v) is 11.3. The minimum atomic E-state index is -0.136. The number of carbonyl (C=O) groups is 2. The second kappa shape index (κ2) is 15.6. The second-order valence-electron chi connectivity index (χ2n) is 11.3. The number of anilines is 2. The molecule has 2 aromatic rings. The molecule has 42 heavy (non-hydrogen) atoms. The van der Waals surface area contributed by atoms with Gasteiger partial charge in [-0.25, -0.2) is 9.98 Å². The van der Waals surface area contributed by atoms with E-state index < -0.39 is 0 Å². The molecule has 2 amide bonds. The van der Waals surface area contributed by atoms with Crippen LogP contribution in [0.4, 0.5) is 11.4 Å². The number of amides is 2. The van der Waals surface area contributed by atoms with Crippen LogP contribution in [-0.2, 0) is 64.6 Å². The Morgan fingerprint density at radius 1 is 0.786 bits per heavy atom. The number of benzene rings is 1. The Labute approximate surface area is 278 Å². The van der Waals surface area contributed by atoms with Crippen LogP contribution in [0.5, 0.6) is 0 Å². The molecule has 1 aromatic heterocycles. The molecule has 0 bridgehead atoms. The normalized spacial score (nSPS) is 21.2. The molecular weight excluding hydrogens is 870 g/mol. The minimum Gasteiger partial charge on any atom is -0.394 e. The van der Waals surface area contributed by atoms with Gasteiger partial charge in [0.2, 0.25) is 11.8 Å². The summed E-state index contributed by atoms with van der Waals surface area (Å²) >= 11 is 0. The topological polar surface area (TPSA) is 84.7 Å². The van der Waals surface area contributed by atoms with Gasteiger partial charge in [-0.2, -0.15) is 24.3 Å². The first-order valence-corrected chi connectivity index (χ1v) is 14.3. The van der Waals surface area contributed by atoms with Crippen molar-refractivity contribution in [2.24, 2.45) is 9.98 Å². The maximum atomic E-state index is 11.4. The number of rotatable bonds is 2. The zero-order valence-corrected chi connectivity index (χ0v) is 30.7. The number of piperidine rings is 2. The zero-order chi connectivity index (χ0) is 28.2. The summed E-state index contributed by atoms with van der Waals surface area (Å²) in [5, 5.41) is 0. The van der Waals surface area contributed by atoms with E-state index in [2.05, 4.69) is 67.0 Å². The Balaban J connectivity index is 0.000000220. The van der Waals surface area contributed by atoms with E-state index in [1.807, 2.05) is 24.4 Å². The molecule has 11 heteroatoms. The van der Waals surface area contributed by atoms with Crippen LogP contribution in [0, 0.1) is 12.3 Å². The number of aromatic nitrogens is 1. The van der Waals surface area contributed by atoms with Gasteiger partial charge in [0.05, 0.1) is 0 Å². The Morgan fingerprint density at radius 3 is 1.76 bits per heavy atom. The molecule has 4 aliphatic rings. The van der Waals surface area contributed by atoms with Gasteiger partial charge < -0.3 is 24.6 Å². The number of pyridine rings is 1. The molecule has 5 heterocycles. The molecule has 0 saturated carbocycles. The quantitative estimate of drug-likeness (QED) is 0.429. The molecule has 1 aromatic carbocycles. The zero-order valence-electron chi connectivity index (χ0n) is 24.9. The van der Waals surface area contributed by atoms with Gasteiger partial charge in [-0.05, 0) is 66.0 Å². The first-order chi connectivity index (χ1) is 19.3. The predicted molar refractivity (Wildman–Crippen MR) is 158 cm³/mol. The molecule has 224 valence electrons. The molecule has 4 aliphatic heterocycles. The fraction of sp³-hybridized carbons (Fsp3) is 0.516. The van der Waals surface area contributed by atoms with E-state index in [0.29, 0.717) is 18.5 Å². The van der Waals surface area contributed by atoms with Crippen molar-refractivity contribution in [2.75, 3.05) is 50.1 Å². The minimum absolute atomic E-state index is 0. The summed E-state index contributed by atoms with van der Waals surface area (Å²) in [5.41, 5.74) is 4.70. The van der Waals surface area contributed by atoms with E-state index in [-0.39, 0.29) is 53.9 Å².